The monoisotopic (exact) mass is 510 g/mol. The van der Waals surface area contributed by atoms with Crippen LogP contribution in [-0.4, -0.2) is 29.6 Å². The zero-order valence-electron chi connectivity index (χ0n) is 1.06. The maximum absolute atomic E-state index is 1.89. The molecule has 0 saturated heterocycles. The molecule has 26 valence electrons. The van der Waals surface area contributed by atoms with Crippen molar-refractivity contribution in [3.63, 3.8) is 0 Å². The van der Waals surface area contributed by atoms with E-state index in [1.165, 1.54) is 0 Å². The summed E-state index contributed by atoms with van der Waals surface area (Å²) in [6.45, 7) is 0. The van der Waals surface area contributed by atoms with Gasteiger partial charge in [0.1, 0.15) is 0 Å². The van der Waals surface area contributed by atoms with Crippen LogP contribution in [0, 0.1) is 0 Å². The quantitative estimate of drug-likeness (QED) is 0.384. The average Bonchev–Trinajstić information content (AvgIpc) is 1.00. The van der Waals surface area contributed by atoms with Crippen molar-refractivity contribution in [1.82, 2.24) is 0 Å². The molecule has 0 N–H and O–H groups in total. The average molecular weight is 506 g/mol. The molecule has 4 heteroatoms. The molecule has 0 fully saturated rings. The van der Waals surface area contributed by atoms with Crippen LogP contribution in [0.4, 0.5) is 0 Å². The third kappa shape index (κ3) is 8.86. The van der Waals surface area contributed by atoms with Crippen LogP contribution in [0.15, 0.2) is 0 Å². The molecule has 0 spiro atoms. The first kappa shape index (κ1) is 15.8. The van der Waals surface area contributed by atoms with Crippen LogP contribution < -0.4 is 0 Å². The second-order valence-corrected chi connectivity index (χ2v) is 0. The molecule has 0 bridgehead atoms. The van der Waals surface area contributed by atoms with Crippen LogP contribution in [0.25, 0.3) is 0 Å². The van der Waals surface area contributed by atoms with Gasteiger partial charge in [0.15, 0.2) is 0 Å². The predicted molar refractivity (Wildman–Crippen MR) is 7.15 cm³/mol. The van der Waals surface area contributed by atoms with E-state index in [1.54, 1.807) is 0 Å². The van der Waals surface area contributed by atoms with Crippen LogP contribution in [0.3, 0.4) is 0 Å². The Kier molecular flexibility index (Phi) is 66.5. The number of rotatable bonds is 0. The Morgan fingerprint density at radius 2 is 1.00 bits per heavy atom. The summed E-state index contributed by atoms with van der Waals surface area (Å²) in [6.07, 6.45) is 0. The Bertz CT molecular complexity index is 6.00. The maximum Gasteiger partial charge on any atom is 0 e. The minimum atomic E-state index is 0. The normalized spacial score (nSPS) is 1.50. The molecule has 0 saturated carbocycles. The molecule has 0 aromatic carbocycles. The molecule has 4 heavy (non-hydrogen) atoms. The summed E-state index contributed by atoms with van der Waals surface area (Å²) in [5.41, 5.74) is 0. The molecule has 0 aliphatic rings. The van der Waals surface area contributed by atoms with Gasteiger partial charge < -0.3 is 0 Å². The fourth-order valence-corrected chi connectivity index (χ4v) is 0. The molecule has 0 unspecified atom stereocenters. The van der Waals surface area contributed by atoms with Crippen LogP contribution in [0.5, 0.6) is 0 Å². The molecule has 0 radical (unpaired) electrons. The second kappa shape index (κ2) is 16.9. The number of hydrogen-bond donors (Lipinski definition) is 0. The van der Waals surface area contributed by atoms with E-state index >= 15 is 0 Å². The first-order chi connectivity index (χ1) is 1.00. The van der Waals surface area contributed by atoms with E-state index in [0.29, 0.717) is 0 Å². The van der Waals surface area contributed by atoms with Gasteiger partial charge in [-0.3, -0.25) is 0 Å². The molecule has 0 aliphatic heterocycles. The fourth-order valence-electron chi connectivity index (χ4n) is 0. The van der Waals surface area contributed by atoms with Crippen molar-refractivity contribution in [3.05, 3.63) is 0 Å². The minimum Gasteiger partial charge on any atom is 0 e. The summed E-state index contributed by atoms with van der Waals surface area (Å²) >= 11 is 3.78. The molecule has 0 aliphatic carbocycles. The van der Waals surface area contributed by atoms with Gasteiger partial charge in [0, 0.05) is 19.5 Å². The Labute approximate surface area is 79.4 Å². The van der Waals surface area contributed by atoms with Gasteiger partial charge in [-0.15, -0.1) is 0 Å². The summed E-state index contributed by atoms with van der Waals surface area (Å²) < 4.78 is 0. The van der Waals surface area contributed by atoms with Crippen LogP contribution >= 0.6 is 0 Å². The van der Waals surface area contributed by atoms with Crippen molar-refractivity contribution < 1.29 is 51.5 Å². The topological polar surface area (TPSA) is 0 Å². The Balaban J connectivity index is -0.00000000500. The van der Waals surface area contributed by atoms with Gasteiger partial charge in [-0.25, -0.2) is 0 Å². The van der Waals surface area contributed by atoms with Crippen molar-refractivity contribution in [2.45, 2.75) is 0 Å². The van der Waals surface area contributed by atoms with Gasteiger partial charge in [-0.05, 0) is 0 Å². The van der Waals surface area contributed by atoms with Crippen molar-refractivity contribution in [3.8, 4) is 0 Å². The van der Waals surface area contributed by atoms with E-state index < -0.39 is 0 Å². The van der Waals surface area contributed by atoms with E-state index in [1.807, 2.05) is 32.0 Å². The van der Waals surface area contributed by atoms with Crippen LogP contribution in [0.2, 0.25) is 0 Å². The summed E-state index contributed by atoms with van der Waals surface area (Å²) in [5, 5.41) is 0. The summed E-state index contributed by atoms with van der Waals surface area (Å²) in [6, 6.07) is 0. The molecule has 0 aromatic rings. The predicted octanol–water partition coefficient (Wildman–Crippen LogP) is -0.656. The maximum atomic E-state index is 1.89. The zero-order chi connectivity index (χ0) is 2.00. The van der Waals surface area contributed by atoms with Gasteiger partial charge >= 0.3 is 61.6 Å². The van der Waals surface area contributed by atoms with E-state index in [4.69, 9.17) is 0 Å². The minimum absolute atomic E-state index is 0. The van der Waals surface area contributed by atoms with Crippen LogP contribution in [0.1, 0.15) is 0 Å². The molecule has 0 rings (SSSR count). The summed E-state index contributed by atoms with van der Waals surface area (Å²) in [5.74, 6) is 0. The first-order valence-corrected chi connectivity index (χ1v) is 8.38. The van der Waals surface area contributed by atoms with Crippen molar-refractivity contribution in [2.24, 2.45) is 0 Å². The van der Waals surface area contributed by atoms with Gasteiger partial charge in [0.2, 0.25) is 0 Å². The second-order valence-electron chi connectivity index (χ2n) is 0. The standard InChI is InChI=1S/Na.2Os.Ru.H. The summed E-state index contributed by atoms with van der Waals surface area (Å²) in [7, 11) is 0. The van der Waals surface area contributed by atoms with Crippen molar-refractivity contribution in [2.75, 3.05) is 0 Å². The first-order valence-electron chi connectivity index (χ1n) is 0.125. The van der Waals surface area contributed by atoms with E-state index in [9.17, 15) is 0 Å². The van der Waals surface area contributed by atoms with Gasteiger partial charge in [-0.1, -0.05) is 0 Å². The largest absolute Gasteiger partial charge is 0 e. The SMILES string of the molecule is [NaH].[Os][Os].[Ru]. The van der Waals surface area contributed by atoms with E-state index in [-0.39, 0.29) is 49.0 Å². The Hall–Kier alpha value is 2.90. The Morgan fingerprint density at radius 3 is 1.00 bits per heavy atom. The third-order valence-corrected chi connectivity index (χ3v) is 0. The zero-order valence-corrected chi connectivity index (χ0v) is 7.88. The van der Waals surface area contributed by atoms with E-state index in [0.717, 1.165) is 0 Å². The molecule has 0 aromatic heterocycles. The van der Waals surface area contributed by atoms with Crippen molar-refractivity contribution in [1.29, 1.82) is 0 Å². The van der Waals surface area contributed by atoms with Gasteiger partial charge in [0.05, 0.1) is 0 Å². The molecule has 0 atom stereocenters. The van der Waals surface area contributed by atoms with Crippen molar-refractivity contribution >= 4 is 29.6 Å². The molecular weight excluding hydrogens is 505 g/mol. The van der Waals surface area contributed by atoms with Gasteiger partial charge in [0.25, 0.3) is 0 Å². The molecule has 0 amide bonds. The Morgan fingerprint density at radius 1 is 1.00 bits per heavy atom. The fraction of sp³-hybridized carbons (Fsp3) is 0. The molecule has 0 nitrogen and oxygen atoms in total. The van der Waals surface area contributed by atoms with Gasteiger partial charge in [-0.2, -0.15) is 0 Å². The number of hydrogen-bond acceptors (Lipinski definition) is 0. The van der Waals surface area contributed by atoms with Crippen LogP contribution in [-0.2, 0) is 51.5 Å². The molecular formula is HNaOs2Ru. The summed E-state index contributed by atoms with van der Waals surface area (Å²) in [4.78, 5) is 0. The molecule has 0 heterocycles. The third-order valence-electron chi connectivity index (χ3n) is 0. The smallest absolute Gasteiger partial charge is 0 e. The van der Waals surface area contributed by atoms with E-state index in [2.05, 4.69) is 0 Å².